The monoisotopic (exact) mass is 449 g/mol. The lowest BCUT2D eigenvalue weighted by Gasteiger charge is -2.20. The van der Waals surface area contributed by atoms with Gasteiger partial charge in [-0.25, -0.2) is 9.78 Å². The van der Waals surface area contributed by atoms with E-state index in [2.05, 4.69) is 15.6 Å². The molecule has 2 N–H and O–H groups in total. The number of rotatable bonds is 6. The van der Waals surface area contributed by atoms with Crippen molar-refractivity contribution in [3.63, 3.8) is 0 Å². The van der Waals surface area contributed by atoms with Crippen LogP contribution in [0.3, 0.4) is 0 Å². The Balaban J connectivity index is 1.08. The fourth-order valence-corrected chi connectivity index (χ4v) is 4.23. The molecule has 2 atom stereocenters. The van der Waals surface area contributed by atoms with Crippen molar-refractivity contribution in [2.24, 2.45) is 0 Å². The van der Waals surface area contributed by atoms with Crippen molar-refractivity contribution >= 4 is 23.3 Å². The van der Waals surface area contributed by atoms with Gasteiger partial charge in [-0.2, -0.15) is 0 Å². The normalized spacial score (nSPS) is 20.2. The second kappa shape index (κ2) is 9.50. The van der Waals surface area contributed by atoms with E-state index in [1.165, 1.54) is 0 Å². The van der Waals surface area contributed by atoms with Gasteiger partial charge in [-0.15, -0.1) is 0 Å². The quantitative estimate of drug-likeness (QED) is 0.603. The second-order valence-corrected chi connectivity index (χ2v) is 8.37. The summed E-state index contributed by atoms with van der Waals surface area (Å²) >= 11 is 0. The number of anilines is 1. The SMILES string of the molecule is O=C(NCc1ccn2ccnc2c1)Nc1ccc(O[C@@H]2CCN(C(=O)[C@H]3CCCO3)C2)cc1. The van der Waals surface area contributed by atoms with Gasteiger partial charge in [0.1, 0.15) is 23.6 Å². The molecule has 33 heavy (non-hydrogen) atoms. The van der Waals surface area contributed by atoms with E-state index in [-0.39, 0.29) is 24.1 Å². The van der Waals surface area contributed by atoms with Crippen molar-refractivity contribution < 1.29 is 19.1 Å². The van der Waals surface area contributed by atoms with Gasteiger partial charge in [-0.1, -0.05) is 0 Å². The number of hydrogen-bond donors (Lipinski definition) is 2. The number of fused-ring (bicyclic) bond motifs is 1. The van der Waals surface area contributed by atoms with Crippen molar-refractivity contribution in [3.8, 4) is 5.75 Å². The van der Waals surface area contributed by atoms with Gasteiger partial charge in [-0.3, -0.25) is 4.79 Å². The van der Waals surface area contributed by atoms with Crippen molar-refractivity contribution in [1.82, 2.24) is 19.6 Å². The Bertz CT molecular complexity index is 1120. The molecule has 2 aromatic heterocycles. The first-order valence-corrected chi connectivity index (χ1v) is 11.3. The fourth-order valence-electron chi connectivity index (χ4n) is 4.23. The molecule has 0 spiro atoms. The van der Waals surface area contributed by atoms with E-state index in [4.69, 9.17) is 9.47 Å². The molecule has 2 aliphatic heterocycles. The highest BCUT2D eigenvalue weighted by Gasteiger charge is 2.33. The Hall–Kier alpha value is -3.59. The van der Waals surface area contributed by atoms with E-state index in [1.54, 1.807) is 18.3 Å². The van der Waals surface area contributed by atoms with Crippen LogP contribution < -0.4 is 15.4 Å². The summed E-state index contributed by atoms with van der Waals surface area (Å²) < 4.78 is 13.5. The molecule has 9 heteroatoms. The van der Waals surface area contributed by atoms with Crippen LogP contribution in [-0.2, 0) is 16.1 Å². The fraction of sp³-hybridized carbons (Fsp3) is 0.375. The van der Waals surface area contributed by atoms with Crippen LogP contribution >= 0.6 is 0 Å². The summed E-state index contributed by atoms with van der Waals surface area (Å²) in [5.74, 6) is 0.791. The zero-order valence-corrected chi connectivity index (χ0v) is 18.3. The average Bonchev–Trinajstić information content (AvgIpc) is 3.60. The van der Waals surface area contributed by atoms with Crippen molar-refractivity contribution in [2.75, 3.05) is 25.0 Å². The topological polar surface area (TPSA) is 97.2 Å². The first-order valence-electron chi connectivity index (χ1n) is 11.3. The Morgan fingerprint density at radius 3 is 2.85 bits per heavy atom. The third-order valence-electron chi connectivity index (χ3n) is 5.99. The summed E-state index contributed by atoms with van der Waals surface area (Å²) in [6, 6.07) is 10.8. The number of urea groups is 1. The predicted molar refractivity (Wildman–Crippen MR) is 122 cm³/mol. The molecular weight excluding hydrogens is 422 g/mol. The highest BCUT2D eigenvalue weighted by molar-refractivity contribution is 5.89. The number of imidazole rings is 1. The number of aromatic nitrogens is 2. The van der Waals surface area contributed by atoms with E-state index in [9.17, 15) is 9.59 Å². The van der Waals surface area contributed by atoms with Crippen molar-refractivity contribution in [3.05, 3.63) is 60.6 Å². The summed E-state index contributed by atoms with van der Waals surface area (Å²) in [5, 5.41) is 5.68. The second-order valence-electron chi connectivity index (χ2n) is 8.37. The molecule has 5 rings (SSSR count). The average molecular weight is 450 g/mol. The molecule has 4 heterocycles. The Morgan fingerprint density at radius 2 is 2.03 bits per heavy atom. The number of pyridine rings is 1. The van der Waals surface area contributed by atoms with Crippen molar-refractivity contribution in [2.45, 2.75) is 38.0 Å². The highest BCUT2D eigenvalue weighted by atomic mass is 16.5. The molecule has 2 aliphatic rings. The van der Waals surface area contributed by atoms with E-state index in [1.807, 2.05) is 46.0 Å². The number of nitrogens with zero attached hydrogens (tertiary/aromatic N) is 3. The van der Waals surface area contributed by atoms with Gasteiger partial charge in [0.15, 0.2) is 0 Å². The standard InChI is InChI=1S/C24H27N5O4/c30-23(21-2-1-13-32-21)29-11-8-20(16-29)33-19-5-3-18(4-6-19)27-24(31)26-15-17-7-10-28-12-9-25-22(28)14-17/h3-7,9-10,12,14,20-21H,1-2,8,11,13,15-16H2,(H2,26,27,31)/t20-,21-/m1/s1. The first-order chi connectivity index (χ1) is 16.1. The minimum atomic E-state index is -0.286. The number of benzene rings is 1. The lowest BCUT2D eigenvalue weighted by atomic mass is 10.2. The lowest BCUT2D eigenvalue weighted by molar-refractivity contribution is -0.140. The van der Waals surface area contributed by atoms with Gasteiger partial charge in [-0.05, 0) is 54.8 Å². The van der Waals surface area contributed by atoms with Gasteiger partial charge in [0.25, 0.3) is 5.91 Å². The van der Waals surface area contributed by atoms with Crippen LogP contribution in [0.25, 0.3) is 5.65 Å². The van der Waals surface area contributed by atoms with Crippen LogP contribution in [0, 0.1) is 0 Å². The molecule has 2 saturated heterocycles. The molecule has 172 valence electrons. The predicted octanol–water partition coefficient (Wildman–Crippen LogP) is 2.81. The third kappa shape index (κ3) is 5.09. The number of amides is 3. The molecule has 3 amide bonds. The van der Waals surface area contributed by atoms with Crippen LogP contribution in [0.5, 0.6) is 5.75 Å². The molecule has 9 nitrogen and oxygen atoms in total. The maximum atomic E-state index is 12.5. The molecule has 0 saturated carbocycles. The third-order valence-corrected chi connectivity index (χ3v) is 5.99. The van der Waals surface area contributed by atoms with Crippen molar-refractivity contribution in [1.29, 1.82) is 0 Å². The molecule has 1 aromatic carbocycles. The Labute approximate surface area is 191 Å². The minimum absolute atomic E-state index is 0.0371. The van der Waals surface area contributed by atoms with E-state index in [0.29, 0.717) is 37.7 Å². The maximum Gasteiger partial charge on any atom is 0.319 e. The number of carbonyl (C=O) groups is 2. The molecule has 0 aliphatic carbocycles. The van der Waals surface area contributed by atoms with Gasteiger partial charge in [0.2, 0.25) is 0 Å². The summed E-state index contributed by atoms with van der Waals surface area (Å²) in [5.41, 5.74) is 2.48. The molecule has 3 aromatic rings. The smallest absolute Gasteiger partial charge is 0.319 e. The van der Waals surface area contributed by atoms with Crippen LogP contribution in [0.2, 0.25) is 0 Å². The summed E-state index contributed by atoms with van der Waals surface area (Å²) in [7, 11) is 0. The van der Waals surface area contributed by atoms with E-state index < -0.39 is 0 Å². The first kappa shape index (κ1) is 21.3. The Kier molecular flexibility index (Phi) is 6.12. The van der Waals surface area contributed by atoms with Gasteiger partial charge in [0.05, 0.1) is 6.54 Å². The number of ether oxygens (including phenoxy) is 2. The van der Waals surface area contributed by atoms with Crippen LogP contribution in [0.1, 0.15) is 24.8 Å². The summed E-state index contributed by atoms with van der Waals surface area (Å²) in [4.78, 5) is 30.8. The largest absolute Gasteiger partial charge is 0.489 e. The molecule has 0 radical (unpaired) electrons. The molecule has 0 bridgehead atoms. The number of likely N-dealkylation sites (tertiary alicyclic amines) is 1. The summed E-state index contributed by atoms with van der Waals surface area (Å²) in [6.07, 6.45) is 7.76. The van der Waals surface area contributed by atoms with E-state index in [0.717, 1.165) is 30.5 Å². The zero-order valence-electron chi connectivity index (χ0n) is 18.3. The lowest BCUT2D eigenvalue weighted by Crippen LogP contribution is -2.38. The zero-order chi connectivity index (χ0) is 22.6. The molecular formula is C24H27N5O4. The minimum Gasteiger partial charge on any atom is -0.489 e. The summed E-state index contributed by atoms with van der Waals surface area (Å²) in [6.45, 7) is 2.34. The number of nitrogens with one attached hydrogen (secondary N) is 2. The molecule has 0 unspecified atom stereocenters. The van der Waals surface area contributed by atoms with E-state index >= 15 is 0 Å². The van der Waals surface area contributed by atoms with Crippen LogP contribution in [-0.4, -0.2) is 58.1 Å². The van der Waals surface area contributed by atoms with Crippen LogP contribution in [0.15, 0.2) is 55.0 Å². The maximum absolute atomic E-state index is 12.5. The number of hydrogen-bond acceptors (Lipinski definition) is 5. The molecule has 2 fully saturated rings. The number of carbonyl (C=O) groups excluding carboxylic acids is 2. The van der Waals surface area contributed by atoms with Gasteiger partial charge in [0, 0.05) is 50.4 Å². The van der Waals surface area contributed by atoms with Gasteiger partial charge < -0.3 is 29.4 Å². The highest BCUT2D eigenvalue weighted by Crippen LogP contribution is 2.23. The van der Waals surface area contributed by atoms with Gasteiger partial charge >= 0.3 is 6.03 Å². The Morgan fingerprint density at radius 1 is 1.15 bits per heavy atom. The van der Waals surface area contributed by atoms with Crippen LogP contribution in [0.4, 0.5) is 10.5 Å².